The van der Waals surface area contributed by atoms with Crippen molar-refractivity contribution in [2.24, 2.45) is 5.41 Å². The van der Waals surface area contributed by atoms with Gasteiger partial charge in [-0.25, -0.2) is 0 Å². The van der Waals surface area contributed by atoms with E-state index in [4.69, 9.17) is 39.6 Å². The van der Waals surface area contributed by atoms with E-state index in [-0.39, 0.29) is 32.2 Å². The van der Waals surface area contributed by atoms with Crippen molar-refractivity contribution < 1.29 is 22.8 Å². The van der Waals surface area contributed by atoms with Gasteiger partial charge in [-0.1, -0.05) is 61.6 Å². The Morgan fingerprint density at radius 2 is 1.66 bits per heavy atom. The Hall–Kier alpha value is -2.13. The highest BCUT2D eigenvalue weighted by molar-refractivity contribution is 6.34. The van der Waals surface area contributed by atoms with Gasteiger partial charge in [0.15, 0.2) is 0 Å². The zero-order chi connectivity index (χ0) is 23.9. The third kappa shape index (κ3) is 4.93. The van der Waals surface area contributed by atoms with Gasteiger partial charge in [0.2, 0.25) is 11.5 Å². The second-order valence-electron chi connectivity index (χ2n) is 8.18. The van der Waals surface area contributed by atoms with Crippen molar-refractivity contribution in [3.05, 3.63) is 68.7 Å². The van der Waals surface area contributed by atoms with Crippen LogP contribution in [0.3, 0.4) is 0 Å². The van der Waals surface area contributed by atoms with E-state index in [2.05, 4.69) is 16.3 Å². The van der Waals surface area contributed by atoms with E-state index in [1.54, 1.807) is 20.8 Å². The topological polar surface area (TPSA) is 62.4 Å². The molecule has 1 aliphatic heterocycles. The number of rotatable bonds is 4. The first-order valence-electron chi connectivity index (χ1n) is 9.29. The maximum atomic E-state index is 14.1. The Balaban J connectivity index is 1.99. The van der Waals surface area contributed by atoms with Crippen molar-refractivity contribution in [1.29, 1.82) is 0 Å². The molecule has 2 aromatic carbocycles. The molecule has 1 atom stereocenters. The van der Waals surface area contributed by atoms with Gasteiger partial charge in [0.1, 0.15) is 0 Å². The van der Waals surface area contributed by atoms with E-state index in [9.17, 15) is 18.0 Å². The lowest BCUT2D eigenvalue weighted by Crippen LogP contribution is -2.42. The fourth-order valence-corrected chi connectivity index (χ4v) is 3.54. The molecule has 2 aromatic rings. The predicted octanol–water partition coefficient (Wildman–Crippen LogP) is 6.47. The molecule has 0 saturated heterocycles. The molecule has 0 bridgehead atoms. The summed E-state index contributed by atoms with van der Waals surface area (Å²) in [5.41, 5.74) is 4.47. The number of alkyl halides is 3. The number of anilines is 1. The van der Waals surface area contributed by atoms with Gasteiger partial charge in [-0.2, -0.15) is 13.2 Å². The van der Waals surface area contributed by atoms with E-state index >= 15 is 0 Å². The third-order valence-electron chi connectivity index (χ3n) is 4.65. The Labute approximate surface area is 197 Å². The molecular weight excluding hydrogens is 490 g/mol. The minimum Gasteiger partial charge on any atom is -0.297 e. The summed E-state index contributed by atoms with van der Waals surface area (Å²) < 4.78 is 42.4. The molecule has 0 fully saturated rings. The van der Waals surface area contributed by atoms with Crippen LogP contribution in [0.1, 0.15) is 31.9 Å². The summed E-state index contributed by atoms with van der Waals surface area (Å²) in [4.78, 5) is 17.2. The van der Waals surface area contributed by atoms with Crippen molar-refractivity contribution >= 4 is 52.1 Å². The Morgan fingerprint density at radius 3 is 2.22 bits per heavy atom. The van der Waals surface area contributed by atoms with E-state index in [1.165, 1.54) is 24.3 Å². The van der Waals surface area contributed by atoms with E-state index < -0.39 is 17.2 Å². The van der Waals surface area contributed by atoms with Crippen LogP contribution in [-0.2, 0) is 15.2 Å². The number of halogens is 6. The summed E-state index contributed by atoms with van der Waals surface area (Å²) in [5.74, 6) is -0.297. The summed E-state index contributed by atoms with van der Waals surface area (Å²) in [6, 6.07) is 8.07. The lowest BCUT2D eigenvalue weighted by molar-refractivity contribution is -0.269. The lowest BCUT2D eigenvalue weighted by Gasteiger charge is -2.28. The summed E-state index contributed by atoms with van der Waals surface area (Å²) in [5, 5.41) is 0.328. The predicted molar refractivity (Wildman–Crippen MR) is 119 cm³/mol. The van der Waals surface area contributed by atoms with E-state index in [0.717, 1.165) is 18.2 Å². The van der Waals surface area contributed by atoms with Crippen LogP contribution in [0.4, 0.5) is 18.9 Å². The van der Waals surface area contributed by atoms with Gasteiger partial charge in [-0.05, 0) is 36.4 Å². The van der Waals surface area contributed by atoms with Crippen LogP contribution in [0.5, 0.6) is 0 Å². The SMILES string of the molecule is CC(C)(C)C(=O)NNc1cc(C2=CC(c3cc(Cl)cc(Cl)c3)(C(F)(F)F)ON2)ccc1Cl. The zero-order valence-corrected chi connectivity index (χ0v) is 19.4. The monoisotopic (exact) mass is 507 g/mol. The largest absolute Gasteiger partial charge is 0.428 e. The van der Waals surface area contributed by atoms with Crippen LogP contribution in [0.15, 0.2) is 42.5 Å². The molecule has 0 saturated carbocycles. The highest BCUT2D eigenvalue weighted by atomic mass is 35.5. The zero-order valence-electron chi connectivity index (χ0n) is 17.1. The average Bonchev–Trinajstić information content (AvgIpc) is 3.12. The second kappa shape index (κ2) is 8.67. The van der Waals surface area contributed by atoms with Crippen molar-refractivity contribution in [2.75, 3.05) is 5.43 Å². The molecule has 0 radical (unpaired) electrons. The summed E-state index contributed by atoms with van der Waals surface area (Å²) in [6.45, 7) is 5.18. The summed E-state index contributed by atoms with van der Waals surface area (Å²) in [6.07, 6.45) is -3.93. The van der Waals surface area contributed by atoms with Gasteiger partial charge in [-0.15, -0.1) is 0 Å². The van der Waals surface area contributed by atoms with Crippen molar-refractivity contribution in [3.63, 3.8) is 0 Å². The molecule has 32 heavy (non-hydrogen) atoms. The molecule has 1 aliphatic rings. The van der Waals surface area contributed by atoms with Crippen LogP contribution in [-0.4, -0.2) is 12.1 Å². The number of hydrogen-bond acceptors (Lipinski definition) is 4. The molecule has 1 unspecified atom stereocenters. The van der Waals surface area contributed by atoms with Crippen LogP contribution >= 0.6 is 34.8 Å². The van der Waals surface area contributed by atoms with E-state index in [0.29, 0.717) is 11.3 Å². The number of hydrogen-bond donors (Lipinski definition) is 3. The number of hydroxylamine groups is 1. The molecule has 1 amide bonds. The first-order chi connectivity index (χ1) is 14.7. The lowest BCUT2D eigenvalue weighted by atomic mass is 9.91. The molecule has 0 aromatic heterocycles. The van der Waals surface area contributed by atoms with Crippen LogP contribution in [0, 0.1) is 5.41 Å². The highest BCUT2D eigenvalue weighted by Crippen LogP contribution is 2.48. The van der Waals surface area contributed by atoms with Crippen molar-refractivity contribution in [1.82, 2.24) is 10.9 Å². The Bertz CT molecular complexity index is 1060. The molecule has 172 valence electrons. The number of nitrogens with one attached hydrogen (secondary N) is 3. The minimum absolute atomic E-state index is 0.0362. The van der Waals surface area contributed by atoms with Gasteiger partial charge >= 0.3 is 6.18 Å². The number of benzene rings is 2. The van der Waals surface area contributed by atoms with Crippen molar-refractivity contribution in [2.45, 2.75) is 32.5 Å². The van der Waals surface area contributed by atoms with Crippen molar-refractivity contribution in [3.8, 4) is 0 Å². The quantitative estimate of drug-likeness (QED) is 0.414. The Morgan fingerprint density at radius 1 is 1.03 bits per heavy atom. The summed E-state index contributed by atoms with van der Waals surface area (Å²) in [7, 11) is 0. The fourth-order valence-electron chi connectivity index (χ4n) is 2.85. The van der Waals surface area contributed by atoms with E-state index in [1.807, 2.05) is 0 Å². The maximum Gasteiger partial charge on any atom is 0.428 e. The molecule has 3 rings (SSSR count). The molecule has 5 nitrogen and oxygen atoms in total. The molecule has 0 aliphatic carbocycles. The molecule has 1 heterocycles. The summed E-state index contributed by atoms with van der Waals surface area (Å²) >= 11 is 18.0. The number of carbonyl (C=O) groups excluding carboxylic acids is 1. The Kier molecular flexibility index (Phi) is 6.64. The fraction of sp³-hybridized carbons (Fsp3) is 0.286. The van der Waals surface area contributed by atoms with Crippen LogP contribution < -0.4 is 16.3 Å². The van der Waals surface area contributed by atoms with Crippen LogP contribution in [0.25, 0.3) is 5.70 Å². The van der Waals surface area contributed by atoms with Gasteiger partial charge in [0.05, 0.1) is 16.4 Å². The average molecular weight is 509 g/mol. The van der Waals surface area contributed by atoms with Crippen LogP contribution in [0.2, 0.25) is 15.1 Å². The standard InChI is InChI=1S/C21H19Cl3F3N3O2/c1-19(2,3)18(31)29-28-16-6-11(4-5-15(16)24)17-10-20(32-30-17,21(25,26)27)12-7-13(22)9-14(23)8-12/h4-10,28,30H,1-3H3,(H,29,31). The second-order valence-corrected chi connectivity index (χ2v) is 9.46. The number of carbonyl (C=O) groups is 1. The molecule has 3 N–H and O–H groups in total. The third-order valence-corrected chi connectivity index (χ3v) is 5.42. The smallest absolute Gasteiger partial charge is 0.297 e. The first-order valence-corrected chi connectivity index (χ1v) is 10.4. The first kappa shape index (κ1) is 24.5. The van der Waals surface area contributed by atoms with Gasteiger partial charge in [-0.3, -0.25) is 26.0 Å². The molecule has 0 spiro atoms. The van der Waals surface area contributed by atoms with Gasteiger partial charge < -0.3 is 0 Å². The molecular formula is C21H19Cl3F3N3O2. The van der Waals surface area contributed by atoms with Gasteiger partial charge in [0.25, 0.3) is 0 Å². The maximum absolute atomic E-state index is 14.1. The number of amides is 1. The normalized spacial score (nSPS) is 18.7. The molecule has 11 heteroatoms. The minimum atomic E-state index is -4.83. The number of hydrazine groups is 1. The van der Waals surface area contributed by atoms with Gasteiger partial charge in [0, 0.05) is 26.6 Å². The highest BCUT2D eigenvalue weighted by Gasteiger charge is 2.59.